The van der Waals surface area contributed by atoms with Crippen LogP contribution < -0.4 is 0 Å². The van der Waals surface area contributed by atoms with Crippen LogP contribution in [0.2, 0.25) is 0 Å². The maximum atomic E-state index is 14.7. The third kappa shape index (κ3) is 3.16. The van der Waals surface area contributed by atoms with Crippen LogP contribution in [0.5, 0.6) is 0 Å². The van der Waals surface area contributed by atoms with Crippen molar-refractivity contribution in [2.45, 2.75) is 50.2 Å². The Morgan fingerprint density at radius 3 is 2.84 bits per heavy atom. The Labute approximate surface area is 186 Å². The summed E-state index contributed by atoms with van der Waals surface area (Å²) in [6.07, 6.45) is 9.80. The smallest absolute Gasteiger partial charge is 0.129 e. The van der Waals surface area contributed by atoms with Crippen LogP contribution in [0.1, 0.15) is 55.2 Å². The topological polar surface area (TPSA) is 55.9 Å². The molecular weight excluding hydrogens is 403 g/mol. The van der Waals surface area contributed by atoms with Crippen LogP contribution in [-0.4, -0.2) is 30.5 Å². The molecule has 0 bridgehead atoms. The highest BCUT2D eigenvalue weighted by Gasteiger charge is 2.35. The maximum Gasteiger partial charge on any atom is 0.129 e. The summed E-state index contributed by atoms with van der Waals surface area (Å²) in [5.41, 5.74) is 4.93. The van der Waals surface area contributed by atoms with Gasteiger partial charge in [0.05, 0.1) is 35.9 Å². The lowest BCUT2D eigenvalue weighted by Gasteiger charge is -2.33. The molecule has 2 atom stereocenters. The van der Waals surface area contributed by atoms with Gasteiger partial charge in [-0.05, 0) is 67.7 Å². The summed E-state index contributed by atoms with van der Waals surface area (Å²) in [4.78, 5) is 4.26. The van der Waals surface area contributed by atoms with Gasteiger partial charge in [0.15, 0.2) is 0 Å². The van der Waals surface area contributed by atoms with Crippen molar-refractivity contribution in [1.82, 2.24) is 19.3 Å². The number of imidazole rings is 1. The molecule has 6 heteroatoms. The fraction of sp³-hybridized carbons (Fsp3) is 0.385. The Morgan fingerprint density at radius 2 is 2.00 bits per heavy atom. The molecule has 0 spiro atoms. The SMILES string of the molecule is Cn1cc2cc(C3CCC(C(O)CC4c5c(F)cccc5-c5cncn54)CC3)ccc2n1. The van der Waals surface area contributed by atoms with Crippen molar-refractivity contribution in [2.75, 3.05) is 0 Å². The Kier molecular flexibility index (Phi) is 4.65. The van der Waals surface area contributed by atoms with E-state index in [1.807, 2.05) is 22.4 Å². The second-order valence-electron chi connectivity index (χ2n) is 9.44. The number of hydrogen-bond donors (Lipinski definition) is 1. The summed E-state index contributed by atoms with van der Waals surface area (Å²) in [5.74, 6) is 0.571. The van der Waals surface area contributed by atoms with Gasteiger partial charge in [-0.15, -0.1) is 0 Å². The van der Waals surface area contributed by atoms with Crippen molar-refractivity contribution in [3.8, 4) is 11.3 Å². The number of aryl methyl sites for hydroxylation is 1. The summed E-state index contributed by atoms with van der Waals surface area (Å²) in [5, 5.41) is 16.8. The van der Waals surface area contributed by atoms with Crippen molar-refractivity contribution in [2.24, 2.45) is 13.0 Å². The molecule has 1 N–H and O–H groups in total. The number of aliphatic hydroxyl groups is 1. The van der Waals surface area contributed by atoms with Crippen LogP contribution in [-0.2, 0) is 7.05 Å². The van der Waals surface area contributed by atoms with Crippen molar-refractivity contribution < 1.29 is 9.50 Å². The van der Waals surface area contributed by atoms with Gasteiger partial charge >= 0.3 is 0 Å². The van der Waals surface area contributed by atoms with E-state index in [2.05, 4.69) is 34.5 Å². The second kappa shape index (κ2) is 7.55. The van der Waals surface area contributed by atoms with Crippen LogP contribution in [0.4, 0.5) is 4.39 Å². The molecule has 1 aliphatic carbocycles. The summed E-state index contributed by atoms with van der Waals surface area (Å²) in [6.45, 7) is 0. The van der Waals surface area contributed by atoms with Gasteiger partial charge in [0.1, 0.15) is 5.82 Å². The van der Waals surface area contributed by atoms with E-state index < -0.39 is 6.10 Å². The minimum atomic E-state index is -0.456. The van der Waals surface area contributed by atoms with Crippen molar-refractivity contribution in [3.05, 3.63) is 72.1 Å². The van der Waals surface area contributed by atoms with Crippen LogP contribution in [0, 0.1) is 11.7 Å². The number of benzene rings is 2. The normalized spacial score (nSPS) is 23.3. The van der Waals surface area contributed by atoms with Gasteiger partial charge in [-0.3, -0.25) is 4.68 Å². The lowest BCUT2D eigenvalue weighted by molar-refractivity contribution is 0.0650. The maximum absolute atomic E-state index is 14.7. The second-order valence-corrected chi connectivity index (χ2v) is 9.44. The highest BCUT2D eigenvalue weighted by molar-refractivity contribution is 5.78. The quantitative estimate of drug-likeness (QED) is 0.484. The zero-order valence-electron chi connectivity index (χ0n) is 18.2. The molecule has 6 rings (SSSR count). The Hall–Kier alpha value is -2.99. The van der Waals surface area contributed by atoms with Crippen molar-refractivity contribution in [3.63, 3.8) is 0 Å². The highest BCUT2D eigenvalue weighted by Crippen LogP contribution is 2.45. The first kappa shape index (κ1) is 19.7. The first-order valence-electron chi connectivity index (χ1n) is 11.5. The molecule has 32 heavy (non-hydrogen) atoms. The summed E-state index contributed by atoms with van der Waals surface area (Å²) >= 11 is 0. The lowest BCUT2D eigenvalue weighted by atomic mass is 9.75. The van der Waals surface area contributed by atoms with E-state index in [0.29, 0.717) is 17.9 Å². The Balaban J connectivity index is 1.16. The van der Waals surface area contributed by atoms with Crippen LogP contribution >= 0.6 is 0 Å². The number of rotatable bonds is 4. The summed E-state index contributed by atoms with van der Waals surface area (Å²) in [6, 6.07) is 11.6. The van der Waals surface area contributed by atoms with Crippen LogP contribution in [0.15, 0.2) is 55.1 Å². The molecule has 1 aliphatic heterocycles. The monoisotopic (exact) mass is 430 g/mol. The molecule has 0 saturated heterocycles. The molecule has 2 aromatic heterocycles. The molecule has 2 aromatic carbocycles. The Morgan fingerprint density at radius 1 is 1.16 bits per heavy atom. The Bertz CT molecular complexity index is 1280. The fourth-order valence-corrected chi connectivity index (χ4v) is 5.91. The summed E-state index contributed by atoms with van der Waals surface area (Å²) in [7, 11) is 1.95. The van der Waals surface area contributed by atoms with E-state index in [1.165, 1.54) is 17.0 Å². The van der Waals surface area contributed by atoms with E-state index in [9.17, 15) is 9.50 Å². The largest absolute Gasteiger partial charge is 0.393 e. The molecule has 5 nitrogen and oxygen atoms in total. The minimum absolute atomic E-state index is 0.190. The van der Waals surface area contributed by atoms with Gasteiger partial charge in [-0.2, -0.15) is 5.10 Å². The van der Waals surface area contributed by atoms with E-state index >= 15 is 0 Å². The molecule has 1 fully saturated rings. The van der Waals surface area contributed by atoms with Gasteiger partial charge < -0.3 is 9.67 Å². The van der Waals surface area contributed by atoms with Crippen LogP contribution in [0.3, 0.4) is 0 Å². The highest BCUT2D eigenvalue weighted by atomic mass is 19.1. The molecule has 1 saturated carbocycles. The number of halogens is 1. The standard InChI is InChI=1S/C26H27FN4O/c1-30-14-19-11-18(9-10-22(19)29-30)16-5-7-17(8-6-16)25(32)12-23-26-20(3-2-4-21(26)27)24-13-28-15-31(23)24/h2-4,9-11,13-17,23,25,32H,5-8,12H2,1H3. The number of hydrogen-bond acceptors (Lipinski definition) is 3. The van der Waals surface area contributed by atoms with Crippen molar-refractivity contribution in [1.29, 1.82) is 0 Å². The van der Waals surface area contributed by atoms with Gasteiger partial charge in [0.2, 0.25) is 0 Å². The molecule has 2 unspecified atom stereocenters. The molecule has 0 amide bonds. The third-order valence-electron chi connectivity index (χ3n) is 7.56. The number of fused-ring (bicyclic) bond motifs is 4. The first-order chi connectivity index (χ1) is 15.6. The van der Waals surface area contributed by atoms with Gasteiger partial charge in [0, 0.05) is 29.8 Å². The minimum Gasteiger partial charge on any atom is -0.393 e. The average Bonchev–Trinajstić information content (AvgIpc) is 3.49. The number of aromatic nitrogens is 4. The average molecular weight is 431 g/mol. The van der Waals surface area contributed by atoms with E-state index in [-0.39, 0.29) is 17.8 Å². The third-order valence-corrected chi connectivity index (χ3v) is 7.56. The molecule has 0 radical (unpaired) electrons. The number of nitrogens with zero attached hydrogens (tertiary/aromatic N) is 4. The van der Waals surface area contributed by atoms with Gasteiger partial charge in [-0.25, -0.2) is 9.37 Å². The first-order valence-corrected chi connectivity index (χ1v) is 11.5. The molecule has 164 valence electrons. The predicted molar refractivity (Wildman–Crippen MR) is 122 cm³/mol. The molecule has 4 aromatic rings. The molecule has 2 aliphatic rings. The number of aliphatic hydroxyl groups excluding tert-OH is 1. The fourth-order valence-electron chi connectivity index (χ4n) is 5.91. The summed E-state index contributed by atoms with van der Waals surface area (Å²) < 4.78 is 18.6. The van der Waals surface area contributed by atoms with Gasteiger partial charge in [-0.1, -0.05) is 18.2 Å². The van der Waals surface area contributed by atoms with E-state index in [1.54, 1.807) is 18.6 Å². The van der Waals surface area contributed by atoms with Crippen molar-refractivity contribution >= 4 is 10.9 Å². The van der Waals surface area contributed by atoms with Gasteiger partial charge in [0.25, 0.3) is 0 Å². The lowest BCUT2D eigenvalue weighted by Crippen LogP contribution is -2.28. The van der Waals surface area contributed by atoms with E-state index in [0.717, 1.165) is 42.5 Å². The molecular formula is C26H27FN4O. The predicted octanol–water partition coefficient (Wildman–Crippen LogP) is 5.20. The van der Waals surface area contributed by atoms with Crippen LogP contribution in [0.25, 0.3) is 22.2 Å². The van der Waals surface area contributed by atoms with E-state index in [4.69, 9.17) is 0 Å². The molecule has 3 heterocycles. The zero-order valence-corrected chi connectivity index (χ0v) is 18.2. The zero-order chi connectivity index (χ0) is 21.8.